The van der Waals surface area contributed by atoms with Crippen LogP contribution in [0.4, 0.5) is 0 Å². The van der Waals surface area contributed by atoms with Crippen molar-refractivity contribution in [3.63, 3.8) is 0 Å². The van der Waals surface area contributed by atoms with Gasteiger partial charge in [0.15, 0.2) is 23.0 Å². The second-order valence-electron chi connectivity index (χ2n) is 9.72. The second-order valence-corrected chi connectivity index (χ2v) is 12.1. The molecular weight excluding hydrogens is 545 g/mol. The molecule has 0 aromatic heterocycles. The Labute approximate surface area is 237 Å². The summed E-state index contributed by atoms with van der Waals surface area (Å²) in [7, 11) is 3.28. The lowest BCUT2D eigenvalue weighted by Gasteiger charge is -2.46. The first-order valence-corrected chi connectivity index (χ1v) is 13.8. The zero-order valence-corrected chi connectivity index (χ0v) is 23.5. The van der Waals surface area contributed by atoms with Crippen molar-refractivity contribution in [3.05, 3.63) is 81.9 Å². The van der Waals surface area contributed by atoms with Crippen molar-refractivity contribution in [3.8, 4) is 23.0 Å². The van der Waals surface area contributed by atoms with Crippen LogP contribution in [0.5, 0.6) is 23.0 Å². The summed E-state index contributed by atoms with van der Waals surface area (Å²) >= 11 is 20.3. The zero-order valence-electron chi connectivity index (χ0n) is 21.2. The highest BCUT2D eigenvalue weighted by Gasteiger charge is 2.47. The Morgan fingerprint density at radius 3 is 2.45 bits per heavy atom. The van der Waals surface area contributed by atoms with Crippen molar-refractivity contribution in [1.82, 2.24) is 4.90 Å². The second kappa shape index (κ2) is 10.1. The predicted molar refractivity (Wildman–Crippen MR) is 152 cm³/mol. The smallest absolute Gasteiger partial charge is 0.231 e. The number of methoxy groups -OCH3 is 2. The first kappa shape index (κ1) is 25.5. The van der Waals surface area contributed by atoms with Gasteiger partial charge < -0.3 is 23.8 Å². The third kappa shape index (κ3) is 4.45. The van der Waals surface area contributed by atoms with E-state index in [1.54, 1.807) is 14.2 Å². The molecule has 0 saturated heterocycles. The third-order valence-corrected chi connectivity index (χ3v) is 8.19. The van der Waals surface area contributed by atoms with Crippen LogP contribution in [0.3, 0.4) is 0 Å². The maximum Gasteiger partial charge on any atom is 0.231 e. The van der Waals surface area contributed by atoms with Gasteiger partial charge in [0.1, 0.15) is 6.04 Å². The van der Waals surface area contributed by atoms with E-state index < -0.39 is 9.83 Å². The number of hydrogen-bond donors (Lipinski definition) is 0. The molecule has 8 heteroatoms. The first-order chi connectivity index (χ1) is 18.4. The molecule has 38 heavy (non-hydrogen) atoms. The van der Waals surface area contributed by atoms with E-state index in [1.807, 2.05) is 12.1 Å². The van der Waals surface area contributed by atoms with Gasteiger partial charge >= 0.3 is 0 Å². The predicted octanol–water partition coefficient (Wildman–Crippen LogP) is 7.39. The third-order valence-electron chi connectivity index (χ3n) is 7.57. The van der Waals surface area contributed by atoms with Crippen LogP contribution in [0.1, 0.15) is 45.8 Å². The lowest BCUT2D eigenvalue weighted by atomic mass is 9.83. The fourth-order valence-electron chi connectivity index (χ4n) is 5.88. The van der Waals surface area contributed by atoms with E-state index in [9.17, 15) is 0 Å². The summed E-state index contributed by atoms with van der Waals surface area (Å²) in [6.07, 6.45) is 5.76. The summed E-state index contributed by atoms with van der Waals surface area (Å²) in [6.45, 7) is 0.906. The molecule has 3 aromatic rings. The van der Waals surface area contributed by atoms with Crippen molar-refractivity contribution in [1.29, 1.82) is 0 Å². The first-order valence-electron chi connectivity index (χ1n) is 12.7. The largest absolute Gasteiger partial charge is 0.493 e. The number of ether oxygens (including phenoxy) is 4. The van der Waals surface area contributed by atoms with Gasteiger partial charge in [-0.2, -0.15) is 0 Å². The summed E-state index contributed by atoms with van der Waals surface area (Å²) < 4.78 is 21.4. The normalized spacial score (nSPS) is 17.3. The molecule has 0 fully saturated rings. The van der Waals surface area contributed by atoms with Crippen LogP contribution in [0.2, 0.25) is 0 Å². The molecular formula is C30H28Cl3NO4. The molecule has 1 atom stereocenters. The van der Waals surface area contributed by atoms with E-state index in [4.69, 9.17) is 53.8 Å². The van der Waals surface area contributed by atoms with Gasteiger partial charge in [0, 0.05) is 23.4 Å². The van der Waals surface area contributed by atoms with Crippen LogP contribution in [0.15, 0.2) is 48.5 Å². The highest BCUT2D eigenvalue weighted by Crippen LogP contribution is 2.57. The van der Waals surface area contributed by atoms with E-state index in [-0.39, 0.29) is 6.79 Å². The van der Waals surface area contributed by atoms with Gasteiger partial charge in [-0.1, -0.05) is 65.1 Å². The Kier molecular flexibility index (Phi) is 6.79. The zero-order chi connectivity index (χ0) is 26.4. The molecule has 3 aliphatic heterocycles. The molecule has 0 bridgehead atoms. The molecule has 3 heterocycles. The van der Waals surface area contributed by atoms with E-state index in [2.05, 4.69) is 47.4 Å². The van der Waals surface area contributed by atoms with Crippen LogP contribution in [-0.2, 0) is 19.3 Å². The molecule has 3 aromatic carbocycles. The number of benzene rings is 3. The van der Waals surface area contributed by atoms with Gasteiger partial charge in [-0.3, -0.25) is 0 Å². The fraction of sp³-hybridized carbons (Fsp3) is 0.333. The maximum atomic E-state index is 6.76. The van der Waals surface area contributed by atoms with Crippen LogP contribution in [0, 0.1) is 0 Å². The molecule has 0 amide bonds. The van der Waals surface area contributed by atoms with Gasteiger partial charge in [-0.25, -0.2) is 0 Å². The molecule has 198 valence electrons. The topological polar surface area (TPSA) is 40.2 Å². The van der Waals surface area contributed by atoms with Crippen LogP contribution < -0.4 is 18.9 Å². The molecule has 0 radical (unpaired) electrons. The van der Waals surface area contributed by atoms with E-state index in [1.165, 1.54) is 11.1 Å². The SMILES string of the molecule is COc1cc(CCCc2ccccc2)c2c(c1OC)[C@H](C(Cl)(Cl)Cl)N1CCc3cc4c(cc3C1=C2)OCO4. The molecule has 6 rings (SSSR count). The Morgan fingerprint density at radius 1 is 0.974 bits per heavy atom. The molecule has 0 aliphatic carbocycles. The van der Waals surface area contributed by atoms with Crippen molar-refractivity contribution in [2.24, 2.45) is 0 Å². The van der Waals surface area contributed by atoms with Crippen LogP contribution in [-0.4, -0.2) is 36.2 Å². The number of rotatable bonds is 6. The van der Waals surface area contributed by atoms with Gasteiger partial charge in [0.05, 0.1) is 14.2 Å². The number of hydrogen-bond acceptors (Lipinski definition) is 5. The molecule has 0 saturated carbocycles. The lowest BCUT2D eigenvalue weighted by Crippen LogP contribution is -2.41. The van der Waals surface area contributed by atoms with Gasteiger partial charge in [0.2, 0.25) is 10.6 Å². The Balaban J connectivity index is 1.51. The minimum atomic E-state index is -1.62. The maximum absolute atomic E-state index is 6.76. The number of alkyl halides is 3. The van der Waals surface area contributed by atoms with E-state index in [0.29, 0.717) is 18.0 Å². The number of fused-ring (bicyclic) bond motifs is 5. The average Bonchev–Trinajstić information content (AvgIpc) is 3.37. The van der Waals surface area contributed by atoms with Gasteiger partial charge in [-0.05, 0) is 72.2 Å². The minimum absolute atomic E-state index is 0.225. The number of aryl methyl sites for hydroxylation is 2. The summed E-state index contributed by atoms with van der Waals surface area (Å²) in [5, 5.41) is 0. The lowest BCUT2D eigenvalue weighted by molar-refractivity contribution is 0.174. The molecule has 0 N–H and O–H groups in total. The molecule has 0 spiro atoms. The van der Waals surface area contributed by atoms with Crippen molar-refractivity contribution >= 4 is 46.6 Å². The Hall–Kier alpha value is -2.73. The fourth-order valence-corrected chi connectivity index (χ4v) is 6.56. The molecule has 0 unspecified atom stereocenters. The average molecular weight is 573 g/mol. The summed E-state index contributed by atoms with van der Waals surface area (Å²) in [6, 6.07) is 16.1. The summed E-state index contributed by atoms with van der Waals surface area (Å²) in [5.74, 6) is 2.74. The standard InChI is InChI=1S/C30H28Cl3NO4/c1-35-26-14-19(10-6-9-18-7-4-3-5-8-18)22-15-23-21-16-25-24(37-17-38-25)13-20(21)11-12-34(23)29(30(31,32)33)27(22)28(26)36-2/h3-5,7-8,13-16,29H,6,9-12,17H2,1-2H3/t29-/m1/s1. The Bertz CT molecular complexity index is 1400. The highest BCUT2D eigenvalue weighted by molar-refractivity contribution is 6.68. The van der Waals surface area contributed by atoms with Gasteiger partial charge in [-0.15, -0.1) is 0 Å². The highest BCUT2D eigenvalue weighted by atomic mass is 35.6. The Morgan fingerprint density at radius 2 is 1.74 bits per heavy atom. The molecule has 5 nitrogen and oxygen atoms in total. The van der Waals surface area contributed by atoms with E-state index in [0.717, 1.165) is 65.1 Å². The minimum Gasteiger partial charge on any atom is -0.493 e. The van der Waals surface area contributed by atoms with Gasteiger partial charge in [0.25, 0.3) is 0 Å². The van der Waals surface area contributed by atoms with Crippen LogP contribution in [0.25, 0.3) is 11.8 Å². The van der Waals surface area contributed by atoms with E-state index >= 15 is 0 Å². The molecule has 3 aliphatic rings. The monoisotopic (exact) mass is 571 g/mol. The summed E-state index contributed by atoms with van der Waals surface area (Å²) in [5.41, 5.74) is 7.56. The quantitative estimate of drug-likeness (QED) is 0.288. The van der Waals surface area contributed by atoms with Crippen molar-refractivity contribution < 1.29 is 18.9 Å². The summed E-state index contributed by atoms with van der Waals surface area (Å²) in [4.78, 5) is 2.18. The van der Waals surface area contributed by atoms with Crippen molar-refractivity contribution in [2.45, 2.75) is 35.5 Å². The van der Waals surface area contributed by atoms with Crippen LogP contribution >= 0.6 is 34.8 Å². The van der Waals surface area contributed by atoms with Crippen molar-refractivity contribution in [2.75, 3.05) is 27.6 Å². The number of halogens is 3. The number of nitrogens with zero attached hydrogens (tertiary/aromatic N) is 1.